The number of carbonyl (C=O) groups is 1. The molecule has 0 aliphatic carbocycles. The molecule has 5 N–H and O–H groups in total. The fourth-order valence-electron chi connectivity index (χ4n) is 4.36. The number of halogens is 1. The van der Waals surface area contributed by atoms with Crippen LogP contribution in [-0.4, -0.2) is 68.4 Å². The Kier molecular flexibility index (Phi) is 7.92. The number of nitrogens with zero attached hydrogens (tertiary/aromatic N) is 2. The lowest BCUT2D eigenvalue weighted by Crippen LogP contribution is -2.65. The van der Waals surface area contributed by atoms with Gasteiger partial charge in [-0.2, -0.15) is 0 Å². The van der Waals surface area contributed by atoms with Crippen LogP contribution < -0.4 is 15.4 Å². The average molecular weight is 551 g/mol. The largest absolute Gasteiger partial charge is 0.463 e. The molecule has 1 saturated heterocycles. The molecular formula is C28H27ClN4O6. The summed E-state index contributed by atoms with van der Waals surface area (Å²) in [5, 5.41) is 37.5. The van der Waals surface area contributed by atoms with Gasteiger partial charge in [0.2, 0.25) is 12.2 Å². The minimum Gasteiger partial charge on any atom is -0.463 e. The molecule has 1 amide bonds. The number of fused-ring (bicyclic) bond motifs is 1. The number of benzene rings is 3. The van der Waals surface area contributed by atoms with E-state index >= 15 is 0 Å². The first kappa shape index (κ1) is 26.8. The Balaban J connectivity index is 1.38. The van der Waals surface area contributed by atoms with Gasteiger partial charge in [-0.1, -0.05) is 23.7 Å². The SMILES string of the molecule is CC(=O)N[C@@H]1[C@H](Oc2ccc(Nc3nc(-c4ccc(Cl)cc4)nc4ccccc34)cc2)O[C@H](CO)[C@@H](O)[C@@H]1O. The van der Waals surface area contributed by atoms with Gasteiger partial charge >= 0.3 is 0 Å². The van der Waals surface area contributed by atoms with Gasteiger partial charge < -0.3 is 35.4 Å². The monoisotopic (exact) mass is 550 g/mol. The van der Waals surface area contributed by atoms with Gasteiger partial charge in [0, 0.05) is 28.6 Å². The first-order chi connectivity index (χ1) is 18.8. The predicted octanol–water partition coefficient (Wildman–Crippen LogP) is 3.02. The minimum absolute atomic E-state index is 0.385. The third-order valence-corrected chi connectivity index (χ3v) is 6.58. The second-order valence-corrected chi connectivity index (χ2v) is 9.56. The van der Waals surface area contributed by atoms with Crippen molar-refractivity contribution in [2.24, 2.45) is 0 Å². The Morgan fingerprint density at radius 3 is 2.41 bits per heavy atom. The van der Waals surface area contributed by atoms with Gasteiger partial charge in [-0.05, 0) is 60.7 Å². The molecule has 0 spiro atoms. The molecule has 5 atom stereocenters. The van der Waals surface area contributed by atoms with Crippen LogP contribution in [0.1, 0.15) is 6.92 Å². The summed E-state index contributed by atoms with van der Waals surface area (Å²) in [6.07, 6.45) is -5.00. The molecule has 0 saturated carbocycles. The van der Waals surface area contributed by atoms with Crippen molar-refractivity contribution < 1.29 is 29.6 Å². The van der Waals surface area contributed by atoms with Crippen molar-refractivity contribution in [3.63, 3.8) is 0 Å². The maximum absolute atomic E-state index is 11.7. The van der Waals surface area contributed by atoms with Crippen molar-refractivity contribution in [2.45, 2.75) is 37.6 Å². The van der Waals surface area contributed by atoms with Crippen LogP contribution in [0.25, 0.3) is 22.3 Å². The Morgan fingerprint density at radius 2 is 1.72 bits per heavy atom. The van der Waals surface area contributed by atoms with E-state index in [1.165, 1.54) is 6.92 Å². The molecular weight excluding hydrogens is 524 g/mol. The van der Waals surface area contributed by atoms with E-state index in [9.17, 15) is 20.1 Å². The van der Waals surface area contributed by atoms with Gasteiger partial charge in [-0.25, -0.2) is 9.97 Å². The molecule has 1 aliphatic rings. The lowest BCUT2D eigenvalue weighted by Gasteiger charge is -2.42. The summed E-state index contributed by atoms with van der Waals surface area (Å²) in [7, 11) is 0. The molecule has 0 unspecified atom stereocenters. The van der Waals surface area contributed by atoms with Gasteiger partial charge in [0.25, 0.3) is 0 Å². The highest BCUT2D eigenvalue weighted by molar-refractivity contribution is 6.30. The molecule has 0 bridgehead atoms. The average Bonchev–Trinajstić information content (AvgIpc) is 2.94. The molecule has 11 heteroatoms. The summed E-state index contributed by atoms with van der Waals surface area (Å²) >= 11 is 6.04. The lowest BCUT2D eigenvalue weighted by atomic mass is 9.97. The molecule has 4 aromatic rings. The first-order valence-corrected chi connectivity index (χ1v) is 12.7. The quantitative estimate of drug-likeness (QED) is 0.234. The molecule has 2 heterocycles. The van der Waals surface area contributed by atoms with Crippen LogP contribution in [0.2, 0.25) is 5.02 Å². The first-order valence-electron chi connectivity index (χ1n) is 12.3. The van der Waals surface area contributed by atoms with Crippen molar-refractivity contribution in [3.05, 3.63) is 77.8 Å². The molecule has 39 heavy (non-hydrogen) atoms. The van der Waals surface area contributed by atoms with Gasteiger partial charge in [-0.3, -0.25) is 4.79 Å². The normalized spacial score (nSPS) is 22.8. The summed E-state index contributed by atoms with van der Waals surface area (Å²) < 4.78 is 11.5. The summed E-state index contributed by atoms with van der Waals surface area (Å²) in [5.41, 5.74) is 2.32. The molecule has 10 nitrogen and oxygen atoms in total. The fourth-order valence-corrected chi connectivity index (χ4v) is 4.48. The van der Waals surface area contributed by atoms with E-state index in [0.29, 0.717) is 22.4 Å². The zero-order chi connectivity index (χ0) is 27.5. The van der Waals surface area contributed by atoms with Crippen LogP contribution in [0.4, 0.5) is 11.5 Å². The van der Waals surface area contributed by atoms with Crippen molar-refractivity contribution in [1.82, 2.24) is 15.3 Å². The second kappa shape index (κ2) is 11.5. The zero-order valence-corrected chi connectivity index (χ0v) is 21.6. The van der Waals surface area contributed by atoms with Crippen LogP contribution in [0, 0.1) is 0 Å². The number of anilines is 2. The van der Waals surface area contributed by atoms with E-state index in [1.807, 2.05) is 36.4 Å². The summed E-state index contributed by atoms with van der Waals surface area (Å²) in [4.78, 5) is 21.1. The number of aliphatic hydroxyl groups is 3. The number of aromatic nitrogens is 2. The lowest BCUT2D eigenvalue weighted by molar-refractivity contribution is -0.244. The molecule has 0 radical (unpaired) electrons. The zero-order valence-electron chi connectivity index (χ0n) is 20.9. The number of nitrogens with one attached hydrogen (secondary N) is 2. The van der Waals surface area contributed by atoms with Crippen LogP contribution in [0.3, 0.4) is 0 Å². The van der Waals surface area contributed by atoms with Crippen molar-refractivity contribution in [2.75, 3.05) is 11.9 Å². The molecule has 202 valence electrons. The number of hydrogen-bond donors (Lipinski definition) is 5. The van der Waals surface area contributed by atoms with Gasteiger partial charge in [0.1, 0.15) is 35.9 Å². The number of carbonyl (C=O) groups excluding carboxylic acids is 1. The van der Waals surface area contributed by atoms with E-state index < -0.39 is 43.2 Å². The van der Waals surface area contributed by atoms with Crippen LogP contribution in [0.5, 0.6) is 5.75 Å². The van der Waals surface area contributed by atoms with Crippen molar-refractivity contribution in [3.8, 4) is 17.1 Å². The number of aliphatic hydroxyl groups excluding tert-OH is 3. The fraction of sp³-hybridized carbons (Fsp3) is 0.250. The van der Waals surface area contributed by atoms with Gasteiger partial charge in [0.15, 0.2) is 5.82 Å². The van der Waals surface area contributed by atoms with Gasteiger partial charge in [-0.15, -0.1) is 0 Å². The van der Waals surface area contributed by atoms with E-state index in [4.69, 9.17) is 31.0 Å². The maximum atomic E-state index is 11.7. The minimum atomic E-state index is -1.40. The van der Waals surface area contributed by atoms with E-state index in [-0.39, 0.29) is 0 Å². The molecule has 3 aromatic carbocycles. The number of ether oxygens (including phenoxy) is 2. The summed E-state index contributed by atoms with van der Waals surface area (Å²) in [6.45, 7) is 0.753. The van der Waals surface area contributed by atoms with E-state index in [0.717, 1.165) is 22.2 Å². The smallest absolute Gasteiger partial charge is 0.223 e. The van der Waals surface area contributed by atoms with Crippen molar-refractivity contribution >= 4 is 39.9 Å². The van der Waals surface area contributed by atoms with E-state index in [1.54, 1.807) is 36.4 Å². The maximum Gasteiger partial charge on any atom is 0.223 e. The number of hydrogen-bond acceptors (Lipinski definition) is 9. The second-order valence-electron chi connectivity index (χ2n) is 9.12. The third kappa shape index (κ3) is 5.95. The predicted molar refractivity (Wildman–Crippen MR) is 146 cm³/mol. The number of para-hydroxylation sites is 1. The molecule has 1 aliphatic heterocycles. The Hall–Kier alpha value is -3.80. The number of rotatable bonds is 7. The summed E-state index contributed by atoms with van der Waals surface area (Å²) in [5.74, 6) is 1.12. The summed E-state index contributed by atoms with van der Waals surface area (Å²) in [6, 6.07) is 20.9. The highest BCUT2D eigenvalue weighted by atomic mass is 35.5. The number of amides is 1. The highest BCUT2D eigenvalue weighted by Gasteiger charge is 2.46. The highest BCUT2D eigenvalue weighted by Crippen LogP contribution is 2.30. The van der Waals surface area contributed by atoms with E-state index in [2.05, 4.69) is 10.6 Å². The molecule has 5 rings (SSSR count). The van der Waals surface area contributed by atoms with Crippen LogP contribution in [0.15, 0.2) is 72.8 Å². The van der Waals surface area contributed by atoms with Crippen molar-refractivity contribution in [1.29, 1.82) is 0 Å². The van der Waals surface area contributed by atoms with Gasteiger partial charge in [0.05, 0.1) is 12.1 Å². The Labute approximate surface area is 229 Å². The van der Waals surface area contributed by atoms with Crippen LogP contribution >= 0.6 is 11.6 Å². The Morgan fingerprint density at radius 1 is 1.00 bits per heavy atom. The van der Waals surface area contributed by atoms with Crippen LogP contribution in [-0.2, 0) is 9.53 Å². The molecule has 1 fully saturated rings. The Bertz CT molecular complexity index is 1450. The standard InChI is InChI=1S/C28H27ClN4O6/c1-15(35)30-23-25(37)24(36)22(14-34)39-28(23)38-19-12-10-18(11-13-19)31-27-20-4-2-3-5-21(20)32-26(33-27)16-6-8-17(29)9-7-16/h2-13,22-25,28,34,36-37H,14H2,1H3,(H,30,35)(H,31,32,33)/t22-,23+,24-,25-,28-/m1/s1. The molecule has 1 aromatic heterocycles. The third-order valence-electron chi connectivity index (χ3n) is 6.33. The topological polar surface area (TPSA) is 146 Å².